The molecule has 9 heteroatoms. The van der Waals surface area contributed by atoms with Gasteiger partial charge in [0.05, 0.1) is 13.2 Å². The van der Waals surface area contributed by atoms with Gasteiger partial charge in [-0.15, -0.1) is 4.83 Å². The van der Waals surface area contributed by atoms with Crippen LogP contribution in [0, 0.1) is 13.8 Å². The zero-order valence-electron chi connectivity index (χ0n) is 11.2. The van der Waals surface area contributed by atoms with E-state index in [-0.39, 0.29) is 22.0 Å². The van der Waals surface area contributed by atoms with Crippen LogP contribution in [0.25, 0.3) is 0 Å². The van der Waals surface area contributed by atoms with Gasteiger partial charge in [0.25, 0.3) is 10.0 Å². The monoisotopic (exact) mass is 304 g/mol. The van der Waals surface area contributed by atoms with Crippen molar-refractivity contribution in [2.24, 2.45) is 0 Å². The predicted octanol–water partition coefficient (Wildman–Crippen LogP) is 0.120. The van der Waals surface area contributed by atoms with Gasteiger partial charge in [0.15, 0.2) is 0 Å². The molecule has 0 amide bonds. The normalized spacial score (nSPS) is 17.3. The first-order valence-electron chi connectivity index (χ1n) is 6.01. The van der Waals surface area contributed by atoms with Crippen LogP contribution in [0.4, 0.5) is 0 Å². The Kier molecular flexibility index (Phi) is 4.14. The van der Waals surface area contributed by atoms with E-state index in [0.29, 0.717) is 26.3 Å². The fraction of sp³-hybridized carbons (Fsp3) is 0.545. The molecule has 0 saturated carbocycles. The Labute approximate surface area is 116 Å². The van der Waals surface area contributed by atoms with Crippen LogP contribution in [0.2, 0.25) is 0 Å². The van der Waals surface area contributed by atoms with E-state index in [1.807, 2.05) is 0 Å². The molecule has 1 fully saturated rings. The summed E-state index contributed by atoms with van der Waals surface area (Å²) < 4.78 is 34.9. The highest BCUT2D eigenvalue weighted by atomic mass is 32.2. The summed E-state index contributed by atoms with van der Waals surface area (Å²) in [5.74, 6) is -1.21. The first-order chi connectivity index (χ1) is 9.33. The zero-order valence-corrected chi connectivity index (χ0v) is 12.0. The van der Waals surface area contributed by atoms with Crippen molar-refractivity contribution in [2.45, 2.75) is 18.7 Å². The van der Waals surface area contributed by atoms with Crippen LogP contribution >= 0.6 is 0 Å². The molecule has 0 spiro atoms. The van der Waals surface area contributed by atoms with Gasteiger partial charge in [-0.1, -0.05) is 0 Å². The third-order valence-corrected chi connectivity index (χ3v) is 4.48. The van der Waals surface area contributed by atoms with Gasteiger partial charge in [0, 0.05) is 13.1 Å². The fourth-order valence-electron chi connectivity index (χ4n) is 2.10. The molecule has 0 bridgehead atoms. The number of carbonyl (C=O) groups is 1. The van der Waals surface area contributed by atoms with Crippen molar-refractivity contribution in [3.8, 4) is 0 Å². The lowest BCUT2D eigenvalue weighted by atomic mass is 10.2. The molecular weight excluding hydrogens is 288 g/mol. The van der Waals surface area contributed by atoms with E-state index in [4.69, 9.17) is 14.3 Å². The number of hydrogen-bond acceptors (Lipinski definition) is 6. The molecule has 8 nitrogen and oxygen atoms in total. The van der Waals surface area contributed by atoms with E-state index in [2.05, 4.69) is 4.83 Å². The number of morpholine rings is 1. The molecule has 20 heavy (non-hydrogen) atoms. The van der Waals surface area contributed by atoms with Crippen LogP contribution in [0.5, 0.6) is 0 Å². The largest absolute Gasteiger partial charge is 0.478 e. The molecule has 2 rings (SSSR count). The second-order valence-corrected chi connectivity index (χ2v) is 6.02. The summed E-state index contributed by atoms with van der Waals surface area (Å²) in [7, 11) is -4.00. The third kappa shape index (κ3) is 2.85. The quantitative estimate of drug-likeness (QED) is 0.813. The average Bonchev–Trinajstić information content (AvgIpc) is 2.65. The van der Waals surface area contributed by atoms with E-state index in [0.717, 1.165) is 0 Å². The zero-order chi connectivity index (χ0) is 14.9. The maximum absolute atomic E-state index is 12.3. The number of nitrogens with one attached hydrogen (secondary N) is 1. The smallest absolute Gasteiger partial charge is 0.340 e. The van der Waals surface area contributed by atoms with Crippen molar-refractivity contribution in [3.05, 3.63) is 17.1 Å². The molecule has 1 aliphatic heterocycles. The fourth-order valence-corrected chi connectivity index (χ4v) is 3.64. The minimum Gasteiger partial charge on any atom is -0.478 e. The lowest BCUT2D eigenvalue weighted by Crippen LogP contribution is -2.48. The SMILES string of the molecule is Cc1oc(C)c(S(=O)(=O)NN2CCOCC2)c1C(=O)O. The number of furan rings is 1. The van der Waals surface area contributed by atoms with Gasteiger partial charge in [-0.2, -0.15) is 0 Å². The molecule has 1 aromatic rings. The standard InChI is InChI=1S/C11H16N2O6S/c1-7-9(11(14)15)10(8(2)19-7)20(16,17)12-13-3-5-18-6-4-13/h12H,3-6H2,1-2H3,(H,14,15). The van der Waals surface area contributed by atoms with Crippen molar-refractivity contribution in [1.29, 1.82) is 0 Å². The van der Waals surface area contributed by atoms with E-state index in [1.54, 1.807) is 0 Å². The molecule has 0 radical (unpaired) electrons. The van der Waals surface area contributed by atoms with Crippen LogP contribution in [0.15, 0.2) is 9.31 Å². The van der Waals surface area contributed by atoms with Gasteiger partial charge >= 0.3 is 5.97 Å². The van der Waals surface area contributed by atoms with Gasteiger partial charge in [-0.3, -0.25) is 0 Å². The van der Waals surface area contributed by atoms with Gasteiger partial charge < -0.3 is 14.3 Å². The van der Waals surface area contributed by atoms with Crippen LogP contribution in [0.1, 0.15) is 21.9 Å². The van der Waals surface area contributed by atoms with Gasteiger partial charge in [-0.25, -0.2) is 18.2 Å². The lowest BCUT2D eigenvalue weighted by Gasteiger charge is -2.26. The highest BCUT2D eigenvalue weighted by molar-refractivity contribution is 7.89. The second-order valence-electron chi connectivity index (χ2n) is 4.42. The number of hydrazine groups is 1. The number of carboxylic acids is 1. The number of hydrogen-bond donors (Lipinski definition) is 2. The molecule has 0 aromatic carbocycles. The lowest BCUT2D eigenvalue weighted by molar-refractivity contribution is 0.0272. The molecule has 1 saturated heterocycles. The Hall–Kier alpha value is -1.42. The van der Waals surface area contributed by atoms with Crippen LogP contribution in [0.3, 0.4) is 0 Å². The Morgan fingerprint density at radius 1 is 1.25 bits per heavy atom. The maximum Gasteiger partial charge on any atom is 0.340 e. The van der Waals surface area contributed by atoms with Crippen LogP contribution in [-0.2, 0) is 14.8 Å². The van der Waals surface area contributed by atoms with E-state index >= 15 is 0 Å². The summed E-state index contributed by atoms with van der Waals surface area (Å²) in [6.45, 7) is 4.47. The van der Waals surface area contributed by atoms with Crippen LogP contribution < -0.4 is 4.83 Å². The first-order valence-corrected chi connectivity index (χ1v) is 7.49. The molecule has 0 aliphatic carbocycles. The van der Waals surface area contributed by atoms with E-state index in [1.165, 1.54) is 18.9 Å². The topological polar surface area (TPSA) is 109 Å². The molecule has 112 valence electrons. The highest BCUT2D eigenvalue weighted by Gasteiger charge is 2.32. The number of sulfonamides is 1. The maximum atomic E-state index is 12.3. The molecular formula is C11H16N2O6S. The number of aromatic carboxylic acids is 1. The van der Waals surface area contributed by atoms with Crippen molar-refractivity contribution in [1.82, 2.24) is 9.84 Å². The Morgan fingerprint density at radius 2 is 1.85 bits per heavy atom. The summed E-state index contributed by atoms with van der Waals surface area (Å²) in [5, 5.41) is 10.6. The predicted molar refractivity (Wildman–Crippen MR) is 67.9 cm³/mol. The summed E-state index contributed by atoms with van der Waals surface area (Å²) in [6, 6.07) is 0. The third-order valence-electron chi connectivity index (χ3n) is 2.95. The minimum atomic E-state index is -4.00. The summed E-state index contributed by atoms with van der Waals surface area (Å²) in [4.78, 5) is 13.2. The van der Waals surface area contributed by atoms with Crippen LogP contribution in [-0.4, -0.2) is 50.8 Å². The molecule has 0 atom stereocenters. The van der Waals surface area contributed by atoms with Gasteiger partial charge in [0.1, 0.15) is 22.0 Å². The molecule has 1 aliphatic rings. The molecule has 1 aromatic heterocycles. The van der Waals surface area contributed by atoms with Gasteiger partial charge in [0.2, 0.25) is 0 Å². The number of rotatable bonds is 4. The Bertz CT molecular complexity index is 615. The van der Waals surface area contributed by atoms with E-state index < -0.39 is 16.0 Å². The van der Waals surface area contributed by atoms with Crippen molar-refractivity contribution in [3.63, 3.8) is 0 Å². The number of ether oxygens (including phenoxy) is 1. The summed E-state index contributed by atoms with van der Waals surface area (Å²) >= 11 is 0. The second kappa shape index (κ2) is 5.52. The summed E-state index contributed by atoms with van der Waals surface area (Å²) in [6.07, 6.45) is 0. The average molecular weight is 304 g/mol. The molecule has 0 unspecified atom stereocenters. The van der Waals surface area contributed by atoms with E-state index in [9.17, 15) is 13.2 Å². The number of aryl methyl sites for hydroxylation is 2. The van der Waals surface area contributed by atoms with Crippen molar-refractivity contribution >= 4 is 16.0 Å². The number of nitrogens with zero attached hydrogens (tertiary/aromatic N) is 1. The number of carboxylic acid groups (broad SMARTS) is 1. The first kappa shape index (κ1) is 15.0. The Morgan fingerprint density at radius 3 is 2.40 bits per heavy atom. The van der Waals surface area contributed by atoms with Crippen molar-refractivity contribution in [2.75, 3.05) is 26.3 Å². The Balaban J connectivity index is 2.36. The summed E-state index contributed by atoms with van der Waals surface area (Å²) in [5.41, 5.74) is -0.330. The van der Waals surface area contributed by atoms with Gasteiger partial charge in [-0.05, 0) is 13.8 Å². The van der Waals surface area contributed by atoms with Crippen molar-refractivity contribution < 1.29 is 27.5 Å². The molecule has 2 N–H and O–H groups in total. The highest BCUT2D eigenvalue weighted by Crippen LogP contribution is 2.26. The molecule has 2 heterocycles. The minimum absolute atomic E-state index is 0.0562.